The Labute approximate surface area is 218 Å². The summed E-state index contributed by atoms with van der Waals surface area (Å²) in [6.45, 7) is 8.76. The van der Waals surface area contributed by atoms with Crippen LogP contribution in [-0.2, 0) is 0 Å². The van der Waals surface area contributed by atoms with Gasteiger partial charge in [0.1, 0.15) is 52.8 Å². The van der Waals surface area contributed by atoms with E-state index in [2.05, 4.69) is 0 Å². The van der Waals surface area contributed by atoms with Gasteiger partial charge in [-0.05, 0) is 24.3 Å². The Hall–Kier alpha value is -4.44. The highest BCUT2D eigenvalue weighted by Gasteiger charge is 2.17. The normalized spacial score (nSPS) is 11.0. The lowest BCUT2D eigenvalue weighted by Crippen LogP contribution is -2.25. The Balaban J connectivity index is 0.00000121. The van der Waals surface area contributed by atoms with E-state index in [9.17, 15) is 24.3 Å². The fraction of sp³-hybridized carbons (Fsp3) is 0.286. The summed E-state index contributed by atoms with van der Waals surface area (Å²) in [5.74, 6) is -2.08. The van der Waals surface area contributed by atoms with Crippen LogP contribution in [0.1, 0.15) is 55.7 Å². The second-order valence-corrected chi connectivity index (χ2v) is 7.35. The van der Waals surface area contributed by atoms with Crippen LogP contribution in [0.2, 0.25) is 0 Å². The van der Waals surface area contributed by atoms with Crippen LogP contribution in [0, 0.1) is 0 Å². The molecule has 0 aliphatic heterocycles. The largest absolute Gasteiger partial charge is 0.490 e. The smallest absolute Gasteiger partial charge is 0.371 e. The molecule has 0 amide bonds. The number of ether oxygens (including phenoxy) is 2. The molecule has 1 atom stereocenters. The molecular weight excluding hydrogens is 496 g/mol. The second-order valence-electron chi connectivity index (χ2n) is 7.35. The molecule has 0 aliphatic rings. The van der Waals surface area contributed by atoms with Crippen molar-refractivity contribution in [1.82, 2.24) is 0 Å². The minimum absolute atomic E-state index is 0.0283. The summed E-state index contributed by atoms with van der Waals surface area (Å²) < 4.78 is 21.8. The van der Waals surface area contributed by atoms with Crippen LogP contribution in [0.4, 0.5) is 0 Å². The number of fused-ring (bicyclic) bond motifs is 2. The van der Waals surface area contributed by atoms with Crippen molar-refractivity contribution in [3.8, 4) is 11.5 Å². The van der Waals surface area contributed by atoms with Gasteiger partial charge in [-0.1, -0.05) is 39.8 Å². The third-order valence-corrected chi connectivity index (χ3v) is 4.85. The van der Waals surface area contributed by atoms with E-state index in [-0.39, 0.29) is 58.2 Å². The number of carboxylic acids is 1. The van der Waals surface area contributed by atoms with Crippen molar-refractivity contribution in [2.45, 2.75) is 40.7 Å². The molecule has 202 valence electrons. The summed E-state index contributed by atoms with van der Waals surface area (Å²) in [4.78, 5) is 47.4. The van der Waals surface area contributed by atoms with E-state index in [0.717, 1.165) is 12.1 Å². The number of carbonyl (C=O) groups is 2. The zero-order chi connectivity index (χ0) is 28.4. The van der Waals surface area contributed by atoms with Gasteiger partial charge in [0.05, 0.1) is 0 Å². The van der Waals surface area contributed by atoms with Crippen LogP contribution in [0.3, 0.4) is 0 Å². The second kappa shape index (κ2) is 13.8. The number of carbonyl (C=O) groups excluding carboxylic acids is 1. The number of aliphatic hydroxyl groups excluding tert-OH is 1. The van der Waals surface area contributed by atoms with Crippen molar-refractivity contribution in [2.75, 3.05) is 13.2 Å². The summed E-state index contributed by atoms with van der Waals surface area (Å²) in [6.07, 6.45) is -1.15. The average molecular weight is 527 g/mol. The van der Waals surface area contributed by atoms with E-state index in [1.54, 1.807) is 6.07 Å². The van der Waals surface area contributed by atoms with Gasteiger partial charge in [0, 0.05) is 19.1 Å². The number of Topliss-reactive ketones (excluding diaryl/α,β-unsaturated/α-hetero) is 1. The molecule has 0 saturated heterocycles. The van der Waals surface area contributed by atoms with E-state index in [1.165, 1.54) is 37.3 Å². The van der Waals surface area contributed by atoms with Gasteiger partial charge >= 0.3 is 5.97 Å². The van der Waals surface area contributed by atoms with E-state index < -0.39 is 28.7 Å². The molecule has 0 bridgehead atoms. The fourth-order valence-corrected chi connectivity index (χ4v) is 3.30. The first kappa shape index (κ1) is 29.8. The maximum Gasteiger partial charge on any atom is 0.371 e. The lowest BCUT2D eigenvalue weighted by molar-refractivity contribution is 0.0636. The maximum atomic E-state index is 12.4. The van der Waals surface area contributed by atoms with Gasteiger partial charge in [-0.25, -0.2) is 4.79 Å². The maximum absolute atomic E-state index is 12.4. The molecule has 4 aromatic rings. The molecule has 2 aromatic heterocycles. The van der Waals surface area contributed by atoms with Crippen LogP contribution in [-0.4, -0.2) is 41.3 Å². The van der Waals surface area contributed by atoms with Gasteiger partial charge in [-0.3, -0.25) is 14.4 Å². The number of rotatable bonds is 8. The number of benzene rings is 2. The van der Waals surface area contributed by atoms with E-state index in [1.807, 2.05) is 27.7 Å². The third-order valence-electron chi connectivity index (χ3n) is 4.85. The highest BCUT2D eigenvalue weighted by Crippen LogP contribution is 2.25. The number of hydrogen-bond acceptors (Lipinski definition) is 9. The summed E-state index contributed by atoms with van der Waals surface area (Å²) >= 11 is 0. The summed E-state index contributed by atoms with van der Waals surface area (Å²) in [5.41, 5.74) is -0.867. The van der Waals surface area contributed by atoms with Crippen molar-refractivity contribution in [1.29, 1.82) is 0 Å². The standard InChI is InChI=1S/C24H18O10.2C2H6/c1-12(25)20-8-14(27)22-16(4-2-6-18(22)33-20)31-10-13(26)11-32-17-5-3-7-19-23(17)15(28)9-21(34-19)24(29)30;2*1-2/h2-9,13,26H,10-11H2,1H3,(H,29,30);2*1-2H3. The highest BCUT2D eigenvalue weighted by molar-refractivity contribution is 5.94. The van der Waals surface area contributed by atoms with Crippen molar-refractivity contribution < 1.29 is 38.1 Å². The van der Waals surface area contributed by atoms with Gasteiger partial charge in [0.25, 0.3) is 0 Å². The highest BCUT2D eigenvalue weighted by atomic mass is 16.5. The van der Waals surface area contributed by atoms with Crippen LogP contribution < -0.4 is 20.3 Å². The lowest BCUT2D eigenvalue weighted by Gasteiger charge is -2.15. The van der Waals surface area contributed by atoms with Gasteiger partial charge in [-0.15, -0.1) is 0 Å². The van der Waals surface area contributed by atoms with Crippen molar-refractivity contribution in [3.05, 3.63) is 80.5 Å². The molecular formula is C28H30O10. The van der Waals surface area contributed by atoms with E-state index in [4.69, 9.17) is 23.4 Å². The molecule has 2 N–H and O–H groups in total. The number of hydrogen-bond donors (Lipinski definition) is 2. The van der Waals surface area contributed by atoms with E-state index in [0.29, 0.717) is 0 Å². The lowest BCUT2D eigenvalue weighted by atomic mass is 10.2. The average Bonchev–Trinajstić information content (AvgIpc) is 2.92. The molecule has 4 rings (SSSR count). The van der Waals surface area contributed by atoms with Crippen molar-refractivity contribution >= 4 is 33.7 Å². The van der Waals surface area contributed by atoms with E-state index >= 15 is 0 Å². The fourth-order valence-electron chi connectivity index (χ4n) is 3.30. The topological polar surface area (TPSA) is 153 Å². The van der Waals surface area contributed by atoms with Crippen molar-refractivity contribution in [3.63, 3.8) is 0 Å². The van der Waals surface area contributed by atoms with Crippen LogP contribution in [0.25, 0.3) is 21.9 Å². The van der Waals surface area contributed by atoms with Crippen molar-refractivity contribution in [2.24, 2.45) is 0 Å². The molecule has 2 heterocycles. The molecule has 1 unspecified atom stereocenters. The number of aliphatic hydroxyl groups is 1. The first-order valence-electron chi connectivity index (χ1n) is 12.1. The molecule has 0 saturated carbocycles. The van der Waals surface area contributed by atoms with Gasteiger partial charge < -0.3 is 28.5 Å². The first-order chi connectivity index (χ1) is 18.2. The zero-order valence-corrected chi connectivity index (χ0v) is 21.8. The monoisotopic (exact) mass is 526 g/mol. The van der Waals surface area contributed by atoms with Crippen LogP contribution in [0.5, 0.6) is 11.5 Å². The molecule has 0 aliphatic carbocycles. The first-order valence-corrected chi connectivity index (χ1v) is 12.1. The summed E-state index contributed by atoms with van der Waals surface area (Å²) in [6, 6.07) is 11.0. The Morgan fingerprint density at radius 3 is 1.63 bits per heavy atom. The Kier molecular flexibility index (Phi) is 10.8. The quantitative estimate of drug-likeness (QED) is 0.310. The number of carboxylic acid groups (broad SMARTS) is 1. The molecule has 0 radical (unpaired) electrons. The Bertz CT molecular complexity index is 1420. The Morgan fingerprint density at radius 1 is 0.789 bits per heavy atom. The molecule has 10 heteroatoms. The molecule has 0 fully saturated rings. The van der Waals surface area contributed by atoms with Gasteiger partial charge in [0.15, 0.2) is 22.4 Å². The zero-order valence-electron chi connectivity index (χ0n) is 21.8. The van der Waals surface area contributed by atoms with Crippen LogP contribution in [0.15, 0.2) is 67.0 Å². The minimum Gasteiger partial charge on any atom is -0.490 e. The minimum atomic E-state index is -1.38. The summed E-state index contributed by atoms with van der Waals surface area (Å²) in [7, 11) is 0. The molecule has 0 spiro atoms. The predicted molar refractivity (Wildman–Crippen MR) is 142 cm³/mol. The summed E-state index contributed by atoms with van der Waals surface area (Å²) in [5, 5.41) is 19.5. The van der Waals surface area contributed by atoms with Gasteiger partial charge in [-0.2, -0.15) is 0 Å². The van der Waals surface area contributed by atoms with Gasteiger partial charge in [0.2, 0.25) is 5.76 Å². The number of ketones is 1. The molecule has 10 nitrogen and oxygen atoms in total. The Morgan fingerprint density at radius 2 is 1.21 bits per heavy atom. The van der Waals surface area contributed by atoms with Crippen LogP contribution >= 0.6 is 0 Å². The predicted octanol–water partition coefficient (Wildman–Crippen LogP) is 4.67. The third kappa shape index (κ3) is 6.86. The SMILES string of the molecule is CC.CC.CC(=O)c1cc(=O)c2c(OCC(O)COc3cccc4oc(C(=O)O)cc(=O)c34)cccc2o1. The number of aromatic carboxylic acids is 1. The molecule has 2 aromatic carbocycles. The molecule has 38 heavy (non-hydrogen) atoms.